The molecule has 0 aromatic rings. The summed E-state index contributed by atoms with van der Waals surface area (Å²) in [5.74, 6) is -1.41. The van der Waals surface area contributed by atoms with Crippen molar-refractivity contribution in [2.45, 2.75) is 31.3 Å². The number of carboxylic acids is 1. The molecule has 0 spiro atoms. The van der Waals surface area contributed by atoms with Gasteiger partial charge in [-0.15, -0.1) is 0 Å². The Bertz CT molecular complexity index is 238. The van der Waals surface area contributed by atoms with Gasteiger partial charge >= 0.3 is 5.97 Å². The number of aliphatic carboxylic acids is 1. The summed E-state index contributed by atoms with van der Waals surface area (Å²) in [6, 6.07) is -1.28. The second kappa shape index (κ2) is 5.67. The number of amides is 1. The van der Waals surface area contributed by atoms with Crippen LogP contribution in [0.4, 0.5) is 0 Å². The lowest BCUT2D eigenvalue weighted by molar-refractivity contribution is -0.142. The summed E-state index contributed by atoms with van der Waals surface area (Å²) in [5, 5.41) is 22.8. The van der Waals surface area contributed by atoms with Crippen molar-refractivity contribution in [1.82, 2.24) is 10.6 Å². The number of carbonyl (C=O) groups excluding carboxylic acids is 1. The number of rotatable bonds is 5. The molecule has 0 saturated carbocycles. The Morgan fingerprint density at radius 2 is 2.27 bits per heavy atom. The van der Waals surface area contributed by atoms with Gasteiger partial charge in [0.05, 0.1) is 6.04 Å². The monoisotopic (exact) mass is 216 g/mol. The van der Waals surface area contributed by atoms with Crippen molar-refractivity contribution in [3.8, 4) is 0 Å². The summed E-state index contributed by atoms with van der Waals surface area (Å²) in [7, 11) is 0. The summed E-state index contributed by atoms with van der Waals surface area (Å²) >= 11 is 0. The zero-order valence-corrected chi connectivity index (χ0v) is 8.40. The highest BCUT2D eigenvalue weighted by Gasteiger charge is 2.26. The Morgan fingerprint density at radius 3 is 2.73 bits per heavy atom. The molecule has 0 radical (unpaired) electrons. The van der Waals surface area contributed by atoms with Gasteiger partial charge in [-0.25, -0.2) is 4.79 Å². The van der Waals surface area contributed by atoms with Gasteiger partial charge in [0.2, 0.25) is 5.91 Å². The number of nitrogens with one attached hydrogen (secondary N) is 2. The number of hydrogen-bond acceptors (Lipinski definition) is 4. The number of aliphatic hydroxyl groups excluding tert-OH is 1. The molecule has 2 atom stereocenters. The van der Waals surface area contributed by atoms with Gasteiger partial charge in [0, 0.05) is 13.0 Å². The van der Waals surface area contributed by atoms with Gasteiger partial charge in [-0.2, -0.15) is 0 Å². The summed E-state index contributed by atoms with van der Waals surface area (Å²) in [6.07, 6.45) is 1.70. The van der Waals surface area contributed by atoms with Gasteiger partial charge in [0.15, 0.2) is 0 Å². The molecule has 0 aromatic carbocycles. The Labute approximate surface area is 87.7 Å². The van der Waals surface area contributed by atoms with E-state index in [9.17, 15) is 9.59 Å². The van der Waals surface area contributed by atoms with Crippen molar-refractivity contribution >= 4 is 11.9 Å². The Balaban J connectivity index is 2.42. The zero-order chi connectivity index (χ0) is 11.3. The Morgan fingerprint density at radius 1 is 1.53 bits per heavy atom. The normalized spacial score (nSPS) is 22.3. The highest BCUT2D eigenvalue weighted by molar-refractivity contribution is 5.87. The first-order valence-electron chi connectivity index (χ1n) is 5.02. The fourth-order valence-corrected chi connectivity index (χ4v) is 1.57. The molecule has 86 valence electrons. The molecule has 1 rings (SSSR count). The second-order valence-corrected chi connectivity index (χ2v) is 3.56. The molecule has 1 saturated heterocycles. The molecule has 1 amide bonds. The van der Waals surface area contributed by atoms with Gasteiger partial charge in [-0.05, 0) is 19.4 Å². The van der Waals surface area contributed by atoms with Gasteiger partial charge in [-0.1, -0.05) is 0 Å². The van der Waals surface area contributed by atoms with Crippen LogP contribution in [0.1, 0.15) is 19.3 Å². The maximum Gasteiger partial charge on any atom is 0.326 e. The van der Waals surface area contributed by atoms with E-state index in [1.54, 1.807) is 0 Å². The molecular weight excluding hydrogens is 200 g/mol. The average Bonchev–Trinajstić information content (AvgIpc) is 2.69. The van der Waals surface area contributed by atoms with E-state index in [-0.39, 0.29) is 25.0 Å². The molecule has 1 heterocycles. The lowest BCUT2D eigenvalue weighted by Crippen LogP contribution is -2.48. The average molecular weight is 216 g/mol. The maximum atomic E-state index is 11.5. The third-order valence-electron chi connectivity index (χ3n) is 2.41. The third-order valence-corrected chi connectivity index (χ3v) is 2.41. The van der Waals surface area contributed by atoms with E-state index < -0.39 is 12.0 Å². The molecule has 0 aliphatic carbocycles. The Kier molecular flexibility index (Phi) is 4.51. The molecular formula is C9H16N2O4. The molecule has 1 unspecified atom stereocenters. The van der Waals surface area contributed by atoms with Crippen LogP contribution in [0.2, 0.25) is 0 Å². The first kappa shape index (κ1) is 11.9. The van der Waals surface area contributed by atoms with Gasteiger partial charge < -0.3 is 20.8 Å². The van der Waals surface area contributed by atoms with Crippen molar-refractivity contribution < 1.29 is 19.8 Å². The standard InChI is InChI=1S/C9H16N2O4/c12-5-3-7(9(14)15)11-8(13)6-2-1-4-10-6/h6-7,10,12H,1-5H2,(H,11,13)(H,14,15)/t6-,7?/m0/s1. The van der Waals surface area contributed by atoms with Crippen LogP contribution in [0.15, 0.2) is 0 Å². The fourth-order valence-electron chi connectivity index (χ4n) is 1.57. The maximum absolute atomic E-state index is 11.5. The SMILES string of the molecule is O=C(O)C(CCO)NC(=O)[C@@H]1CCCN1. The van der Waals surface area contributed by atoms with Crippen LogP contribution >= 0.6 is 0 Å². The topological polar surface area (TPSA) is 98.7 Å². The summed E-state index contributed by atoms with van der Waals surface area (Å²) in [6.45, 7) is 0.533. The van der Waals surface area contributed by atoms with E-state index in [4.69, 9.17) is 10.2 Å². The zero-order valence-electron chi connectivity index (χ0n) is 8.40. The molecule has 1 fully saturated rings. The van der Waals surface area contributed by atoms with Crippen molar-refractivity contribution in [2.75, 3.05) is 13.2 Å². The highest BCUT2D eigenvalue weighted by Crippen LogP contribution is 2.05. The van der Waals surface area contributed by atoms with Crippen LogP contribution in [0.25, 0.3) is 0 Å². The predicted molar refractivity (Wildman–Crippen MR) is 52.3 cm³/mol. The molecule has 1 aliphatic rings. The molecule has 6 heteroatoms. The fraction of sp³-hybridized carbons (Fsp3) is 0.778. The molecule has 0 bridgehead atoms. The number of hydrogen-bond donors (Lipinski definition) is 4. The lowest BCUT2D eigenvalue weighted by atomic mass is 10.1. The minimum atomic E-state index is -1.12. The van der Waals surface area contributed by atoms with Crippen LogP contribution in [0.5, 0.6) is 0 Å². The molecule has 0 aromatic heterocycles. The molecule has 4 N–H and O–H groups in total. The van der Waals surface area contributed by atoms with E-state index in [0.717, 1.165) is 19.4 Å². The highest BCUT2D eigenvalue weighted by atomic mass is 16.4. The first-order chi connectivity index (χ1) is 7.15. The smallest absolute Gasteiger partial charge is 0.326 e. The van der Waals surface area contributed by atoms with E-state index in [2.05, 4.69) is 10.6 Å². The molecule has 15 heavy (non-hydrogen) atoms. The van der Waals surface area contributed by atoms with Crippen molar-refractivity contribution in [3.63, 3.8) is 0 Å². The van der Waals surface area contributed by atoms with Gasteiger partial charge in [0.25, 0.3) is 0 Å². The van der Waals surface area contributed by atoms with Crippen LogP contribution in [-0.4, -0.2) is 47.3 Å². The molecule has 6 nitrogen and oxygen atoms in total. The van der Waals surface area contributed by atoms with E-state index in [0.29, 0.717) is 0 Å². The Hall–Kier alpha value is -1.14. The van der Waals surface area contributed by atoms with Crippen LogP contribution in [-0.2, 0) is 9.59 Å². The number of carboxylic acid groups (broad SMARTS) is 1. The minimum absolute atomic E-state index is 0.0355. The third kappa shape index (κ3) is 3.49. The van der Waals surface area contributed by atoms with Gasteiger partial charge in [0.1, 0.15) is 6.04 Å². The summed E-state index contributed by atoms with van der Waals surface area (Å²) in [4.78, 5) is 22.2. The van der Waals surface area contributed by atoms with Crippen molar-refractivity contribution in [1.29, 1.82) is 0 Å². The van der Waals surface area contributed by atoms with Gasteiger partial charge in [-0.3, -0.25) is 4.79 Å². The van der Waals surface area contributed by atoms with Crippen LogP contribution in [0, 0.1) is 0 Å². The van der Waals surface area contributed by atoms with Crippen LogP contribution in [0.3, 0.4) is 0 Å². The number of aliphatic hydroxyl groups is 1. The molecule has 1 aliphatic heterocycles. The lowest BCUT2D eigenvalue weighted by Gasteiger charge is -2.16. The van der Waals surface area contributed by atoms with Crippen molar-refractivity contribution in [3.05, 3.63) is 0 Å². The summed E-state index contributed by atoms with van der Waals surface area (Å²) in [5.41, 5.74) is 0. The minimum Gasteiger partial charge on any atom is -0.480 e. The van der Waals surface area contributed by atoms with E-state index in [1.807, 2.05) is 0 Å². The quantitative estimate of drug-likeness (QED) is 0.457. The van der Waals surface area contributed by atoms with Crippen LogP contribution < -0.4 is 10.6 Å². The van der Waals surface area contributed by atoms with Crippen molar-refractivity contribution in [2.24, 2.45) is 0 Å². The second-order valence-electron chi connectivity index (χ2n) is 3.56. The number of carbonyl (C=O) groups is 2. The van der Waals surface area contributed by atoms with E-state index >= 15 is 0 Å². The predicted octanol–water partition coefficient (Wildman–Crippen LogP) is -1.31. The summed E-state index contributed by atoms with van der Waals surface area (Å²) < 4.78 is 0. The first-order valence-corrected chi connectivity index (χ1v) is 5.02. The largest absolute Gasteiger partial charge is 0.480 e. The van der Waals surface area contributed by atoms with E-state index in [1.165, 1.54) is 0 Å².